The maximum Gasteiger partial charge on any atom is 0.292 e. The number of anilines is 2. The summed E-state index contributed by atoms with van der Waals surface area (Å²) in [4.78, 5) is 22.5. The standard InChI is InChI=1S/C19H22N4O5S/c1-2-12-21-29(27,28)14-15-7-9-16(10-8-15)22-19(24)11-13-20-17-5-3-4-6-18(17)23(25)26/h2-10,20-21H,1,11-14H2,(H,22,24). The van der Waals surface area contributed by atoms with Crippen molar-refractivity contribution in [2.24, 2.45) is 0 Å². The highest BCUT2D eigenvalue weighted by Crippen LogP contribution is 2.23. The Kier molecular flexibility index (Phi) is 7.87. The first-order chi connectivity index (χ1) is 13.8. The van der Waals surface area contributed by atoms with E-state index in [0.717, 1.165) is 0 Å². The Bertz CT molecular complexity index is 974. The minimum Gasteiger partial charge on any atom is -0.379 e. The minimum atomic E-state index is -3.45. The fourth-order valence-electron chi connectivity index (χ4n) is 2.46. The fourth-order valence-corrected chi connectivity index (χ4v) is 3.56. The van der Waals surface area contributed by atoms with Crippen molar-refractivity contribution in [3.05, 3.63) is 76.9 Å². The number of hydrogen-bond donors (Lipinski definition) is 3. The third-order valence-corrected chi connectivity index (χ3v) is 5.13. The second kappa shape index (κ2) is 10.3. The van der Waals surface area contributed by atoms with Crippen LogP contribution in [0.1, 0.15) is 12.0 Å². The molecule has 0 aliphatic rings. The van der Waals surface area contributed by atoms with Gasteiger partial charge >= 0.3 is 0 Å². The Hall–Kier alpha value is -3.24. The highest BCUT2D eigenvalue weighted by Gasteiger charge is 2.13. The van der Waals surface area contributed by atoms with Crippen molar-refractivity contribution < 1.29 is 18.1 Å². The van der Waals surface area contributed by atoms with Crippen LogP contribution < -0.4 is 15.4 Å². The molecule has 0 heterocycles. The number of hydrogen-bond acceptors (Lipinski definition) is 6. The van der Waals surface area contributed by atoms with Crippen LogP contribution in [0, 0.1) is 10.1 Å². The molecule has 10 heteroatoms. The molecule has 0 aromatic heterocycles. The summed E-state index contributed by atoms with van der Waals surface area (Å²) >= 11 is 0. The van der Waals surface area contributed by atoms with Crippen LogP contribution >= 0.6 is 0 Å². The van der Waals surface area contributed by atoms with Gasteiger partial charge in [-0.2, -0.15) is 0 Å². The topological polar surface area (TPSA) is 130 Å². The zero-order valence-electron chi connectivity index (χ0n) is 15.6. The summed E-state index contributed by atoms with van der Waals surface area (Å²) in [6.45, 7) is 3.85. The molecule has 0 unspecified atom stereocenters. The van der Waals surface area contributed by atoms with Crippen LogP contribution in [0.3, 0.4) is 0 Å². The summed E-state index contributed by atoms with van der Waals surface area (Å²) in [6, 6.07) is 12.7. The van der Waals surface area contributed by atoms with Gasteiger partial charge in [-0.05, 0) is 23.8 Å². The molecule has 29 heavy (non-hydrogen) atoms. The lowest BCUT2D eigenvalue weighted by Gasteiger charge is -2.09. The molecule has 0 atom stereocenters. The summed E-state index contributed by atoms with van der Waals surface area (Å²) in [5, 5.41) is 16.5. The van der Waals surface area contributed by atoms with Gasteiger partial charge in [0.25, 0.3) is 5.69 Å². The highest BCUT2D eigenvalue weighted by atomic mass is 32.2. The monoisotopic (exact) mass is 418 g/mol. The molecule has 0 aliphatic carbocycles. The van der Waals surface area contributed by atoms with Crippen LogP contribution in [-0.2, 0) is 20.6 Å². The maximum atomic E-state index is 12.1. The zero-order chi connectivity index (χ0) is 21.3. The van der Waals surface area contributed by atoms with Gasteiger partial charge in [0, 0.05) is 31.3 Å². The van der Waals surface area contributed by atoms with E-state index in [1.807, 2.05) is 0 Å². The van der Waals surface area contributed by atoms with E-state index in [2.05, 4.69) is 21.9 Å². The van der Waals surface area contributed by atoms with Crippen molar-refractivity contribution >= 4 is 33.0 Å². The molecule has 0 saturated carbocycles. The van der Waals surface area contributed by atoms with Crippen LogP contribution in [0.15, 0.2) is 61.2 Å². The molecule has 0 aliphatic heterocycles. The minimum absolute atomic E-state index is 0.0546. The molecule has 154 valence electrons. The molecule has 0 fully saturated rings. The van der Waals surface area contributed by atoms with E-state index in [9.17, 15) is 23.3 Å². The Morgan fingerprint density at radius 1 is 1.14 bits per heavy atom. The van der Waals surface area contributed by atoms with E-state index in [1.165, 1.54) is 12.1 Å². The summed E-state index contributed by atoms with van der Waals surface area (Å²) in [5.74, 6) is -0.446. The van der Waals surface area contributed by atoms with Gasteiger partial charge in [0.15, 0.2) is 0 Å². The predicted molar refractivity (Wildman–Crippen MR) is 112 cm³/mol. The summed E-state index contributed by atoms with van der Waals surface area (Å²) < 4.78 is 26.1. The maximum absolute atomic E-state index is 12.1. The number of nitro benzene ring substituents is 1. The van der Waals surface area contributed by atoms with E-state index in [4.69, 9.17) is 0 Å². The van der Waals surface area contributed by atoms with Crippen LogP contribution in [0.5, 0.6) is 0 Å². The lowest BCUT2D eigenvalue weighted by atomic mass is 10.2. The Balaban J connectivity index is 1.84. The summed E-state index contributed by atoms with van der Waals surface area (Å²) in [5.41, 5.74) is 1.40. The third kappa shape index (κ3) is 7.35. The SMILES string of the molecule is C=CCNS(=O)(=O)Cc1ccc(NC(=O)CCNc2ccccc2[N+](=O)[O-])cc1. The molecule has 0 radical (unpaired) electrons. The zero-order valence-corrected chi connectivity index (χ0v) is 16.4. The molecule has 3 N–H and O–H groups in total. The molecular formula is C19H22N4O5S. The number of amides is 1. The van der Waals surface area contributed by atoms with Crippen LogP contribution in [-0.4, -0.2) is 32.3 Å². The number of rotatable bonds is 11. The largest absolute Gasteiger partial charge is 0.379 e. The van der Waals surface area contributed by atoms with Gasteiger partial charge in [-0.15, -0.1) is 6.58 Å². The van der Waals surface area contributed by atoms with Crippen molar-refractivity contribution in [2.45, 2.75) is 12.2 Å². The second-order valence-corrected chi connectivity index (χ2v) is 7.90. The Morgan fingerprint density at radius 2 is 1.83 bits per heavy atom. The second-order valence-electron chi connectivity index (χ2n) is 6.09. The number of para-hydroxylation sites is 2. The molecule has 9 nitrogen and oxygen atoms in total. The average molecular weight is 418 g/mol. The van der Waals surface area contributed by atoms with Gasteiger partial charge in [0.05, 0.1) is 10.7 Å². The van der Waals surface area contributed by atoms with Crippen LogP contribution in [0.25, 0.3) is 0 Å². The normalized spacial score (nSPS) is 10.9. The smallest absolute Gasteiger partial charge is 0.292 e. The first-order valence-corrected chi connectivity index (χ1v) is 10.4. The molecule has 2 aromatic carbocycles. The Morgan fingerprint density at radius 3 is 2.48 bits per heavy atom. The molecule has 0 spiro atoms. The van der Waals surface area contributed by atoms with Crippen molar-refractivity contribution in [1.29, 1.82) is 0 Å². The van der Waals surface area contributed by atoms with Crippen molar-refractivity contribution in [1.82, 2.24) is 4.72 Å². The van der Waals surface area contributed by atoms with E-state index < -0.39 is 14.9 Å². The summed E-state index contributed by atoms with van der Waals surface area (Å²) in [7, 11) is -3.45. The van der Waals surface area contributed by atoms with Crippen LogP contribution in [0.2, 0.25) is 0 Å². The number of nitro groups is 1. The molecular weight excluding hydrogens is 396 g/mol. The van der Waals surface area contributed by atoms with Gasteiger partial charge in [-0.1, -0.05) is 30.3 Å². The third-order valence-electron chi connectivity index (χ3n) is 3.81. The van der Waals surface area contributed by atoms with Gasteiger partial charge in [0.2, 0.25) is 15.9 Å². The van der Waals surface area contributed by atoms with Gasteiger partial charge in [-0.25, -0.2) is 13.1 Å². The predicted octanol–water partition coefficient (Wildman–Crippen LogP) is 2.64. The van der Waals surface area contributed by atoms with E-state index in [1.54, 1.807) is 42.5 Å². The lowest BCUT2D eigenvalue weighted by Crippen LogP contribution is -2.25. The van der Waals surface area contributed by atoms with Crippen LogP contribution in [0.4, 0.5) is 17.1 Å². The van der Waals surface area contributed by atoms with Gasteiger partial charge in [-0.3, -0.25) is 14.9 Å². The van der Waals surface area contributed by atoms with E-state index in [0.29, 0.717) is 16.9 Å². The van der Waals surface area contributed by atoms with Crippen molar-refractivity contribution in [3.8, 4) is 0 Å². The molecule has 2 aromatic rings. The first kappa shape index (κ1) is 22.1. The quantitative estimate of drug-likeness (QED) is 0.292. The number of benzene rings is 2. The molecule has 0 saturated heterocycles. The Labute approximate surface area is 169 Å². The first-order valence-electron chi connectivity index (χ1n) is 8.75. The van der Waals surface area contributed by atoms with E-state index in [-0.39, 0.29) is 36.9 Å². The van der Waals surface area contributed by atoms with Crippen molar-refractivity contribution in [2.75, 3.05) is 23.7 Å². The highest BCUT2D eigenvalue weighted by molar-refractivity contribution is 7.88. The summed E-state index contributed by atoms with van der Waals surface area (Å²) in [6.07, 6.45) is 1.56. The number of nitrogens with one attached hydrogen (secondary N) is 3. The van der Waals surface area contributed by atoms with Crippen molar-refractivity contribution in [3.63, 3.8) is 0 Å². The number of carbonyl (C=O) groups excluding carboxylic acids is 1. The number of carbonyl (C=O) groups is 1. The van der Waals surface area contributed by atoms with Gasteiger partial charge in [0.1, 0.15) is 5.69 Å². The van der Waals surface area contributed by atoms with Gasteiger partial charge < -0.3 is 10.6 Å². The van der Waals surface area contributed by atoms with E-state index >= 15 is 0 Å². The number of nitrogens with zero attached hydrogens (tertiary/aromatic N) is 1. The average Bonchev–Trinajstić information content (AvgIpc) is 2.68. The molecule has 0 bridgehead atoms. The molecule has 2 rings (SSSR count). The number of sulfonamides is 1. The fraction of sp³-hybridized carbons (Fsp3) is 0.211. The molecule has 1 amide bonds. The lowest BCUT2D eigenvalue weighted by molar-refractivity contribution is -0.384.